The van der Waals surface area contributed by atoms with Crippen molar-refractivity contribution < 1.29 is 29.4 Å². The minimum atomic E-state index is -1.21. The van der Waals surface area contributed by atoms with Crippen LogP contribution in [0, 0.1) is 11.8 Å². The smallest absolute Gasteiger partial charge is 0.382 e. The zero-order valence-electron chi connectivity index (χ0n) is 22.4. The summed E-state index contributed by atoms with van der Waals surface area (Å²) in [6.45, 7) is 0. The van der Waals surface area contributed by atoms with E-state index in [9.17, 15) is 9.90 Å². The van der Waals surface area contributed by atoms with Crippen molar-refractivity contribution in [2.75, 3.05) is 0 Å². The number of nitrogens with zero attached hydrogens (tertiary/aromatic N) is 2. The van der Waals surface area contributed by atoms with Crippen LogP contribution in [0.4, 0.5) is 0 Å². The van der Waals surface area contributed by atoms with Gasteiger partial charge in [0.05, 0.1) is 33.9 Å². The van der Waals surface area contributed by atoms with E-state index in [1.165, 1.54) is 0 Å². The van der Waals surface area contributed by atoms with Gasteiger partial charge in [0.2, 0.25) is 0 Å². The van der Waals surface area contributed by atoms with Gasteiger partial charge < -0.3 is 15.1 Å². The van der Waals surface area contributed by atoms with Crippen LogP contribution >= 0.6 is 0 Å². The molecule has 7 heteroatoms. The van der Waals surface area contributed by atoms with Crippen molar-refractivity contribution in [3.63, 3.8) is 0 Å². The van der Waals surface area contributed by atoms with Crippen LogP contribution in [0.25, 0.3) is 68.6 Å². The molecule has 0 atom stereocenters. The number of carboxylic acid groups (broad SMARTS) is 1. The van der Waals surface area contributed by atoms with Crippen molar-refractivity contribution in [1.29, 1.82) is 0 Å². The van der Waals surface area contributed by atoms with E-state index in [2.05, 4.69) is 21.8 Å². The predicted molar refractivity (Wildman–Crippen MR) is 164 cm³/mol. The maximum absolute atomic E-state index is 11.5. The molecule has 5 aromatic rings. The summed E-state index contributed by atoms with van der Waals surface area (Å²) in [5.41, 5.74) is 10.7. The largest absolute Gasteiger partial charge is 0.472 e. The van der Waals surface area contributed by atoms with Gasteiger partial charge in [0, 0.05) is 53.1 Å². The molecule has 7 rings (SSSR count). The van der Waals surface area contributed by atoms with Crippen molar-refractivity contribution >= 4 is 52.3 Å². The van der Waals surface area contributed by atoms with Gasteiger partial charge in [-0.15, -0.1) is 0 Å². The van der Waals surface area contributed by atoms with Crippen molar-refractivity contribution in [3.05, 3.63) is 119 Å². The quantitative estimate of drug-likeness (QED) is 0.143. The van der Waals surface area contributed by atoms with Crippen LogP contribution in [-0.2, 0) is 24.3 Å². The van der Waals surface area contributed by atoms with Gasteiger partial charge in [-0.05, 0) is 65.8 Å². The molecule has 0 fully saturated rings. The van der Waals surface area contributed by atoms with Crippen LogP contribution in [0.2, 0.25) is 0 Å². The van der Waals surface area contributed by atoms with Gasteiger partial charge in [-0.25, -0.2) is 14.8 Å². The summed E-state index contributed by atoms with van der Waals surface area (Å²) in [4.78, 5) is 28.4. The first-order valence-corrected chi connectivity index (χ1v) is 13.1. The normalized spacial score (nSPS) is 11.4. The fraction of sp³-hybridized carbons (Fsp3) is 0. The molecule has 0 saturated carbocycles. The Labute approximate surface area is 254 Å². The third-order valence-corrected chi connectivity index (χ3v) is 7.00. The number of hydrogen-bond acceptors (Lipinski definition) is 3. The van der Waals surface area contributed by atoms with E-state index in [0.29, 0.717) is 16.8 Å². The summed E-state index contributed by atoms with van der Waals surface area (Å²) in [5.74, 6) is 3.93. The number of benzene rings is 2. The Morgan fingerprint density at radius 1 is 0.643 bits per heavy atom. The van der Waals surface area contributed by atoms with Gasteiger partial charge in [0.1, 0.15) is 0 Å². The number of rotatable bonds is 2. The van der Waals surface area contributed by atoms with Crippen molar-refractivity contribution in [3.8, 4) is 34.1 Å². The van der Waals surface area contributed by atoms with Crippen molar-refractivity contribution in [1.82, 2.24) is 19.9 Å². The molecule has 2 aliphatic rings. The fourth-order valence-electron chi connectivity index (χ4n) is 5.20. The average molecular weight is 596 g/mol. The van der Waals surface area contributed by atoms with E-state index >= 15 is 0 Å². The second-order valence-electron chi connectivity index (χ2n) is 9.64. The van der Waals surface area contributed by atoms with Crippen molar-refractivity contribution in [2.45, 2.75) is 0 Å². The van der Waals surface area contributed by atoms with Crippen LogP contribution in [-0.4, -0.2) is 31.0 Å². The maximum atomic E-state index is 11.5. The Kier molecular flexibility index (Phi) is 7.23. The number of hydrogen-bond donors (Lipinski definition) is 3. The molecule has 5 heterocycles. The molecule has 0 spiro atoms. The molecule has 0 saturated heterocycles. The Balaban J connectivity index is 0.00000316. The number of aromatic nitrogens is 4. The van der Waals surface area contributed by atoms with Crippen LogP contribution < -0.4 is 0 Å². The van der Waals surface area contributed by atoms with Crippen molar-refractivity contribution in [2.24, 2.45) is 0 Å². The number of H-pyrrole nitrogens is 2. The van der Waals surface area contributed by atoms with Gasteiger partial charge in [-0.1, -0.05) is 66.6 Å². The molecule has 196 valence electrons. The van der Waals surface area contributed by atoms with Gasteiger partial charge in [0.15, 0.2) is 0 Å². The van der Waals surface area contributed by atoms with Gasteiger partial charge in [-0.3, -0.25) is 0 Å². The third-order valence-electron chi connectivity index (χ3n) is 7.00. The summed E-state index contributed by atoms with van der Waals surface area (Å²) in [6.07, 6.45) is 7.84. The molecule has 8 bridgehead atoms. The Bertz CT molecular complexity index is 2090. The van der Waals surface area contributed by atoms with E-state index < -0.39 is 5.97 Å². The van der Waals surface area contributed by atoms with Crippen LogP contribution in [0.1, 0.15) is 28.3 Å². The number of fused-ring (bicyclic) bond motifs is 8. The molecular weight excluding hydrogens is 574 g/mol. The third kappa shape index (κ3) is 5.12. The maximum Gasteiger partial charge on any atom is 0.382 e. The zero-order chi connectivity index (χ0) is 27.8. The minimum Gasteiger partial charge on any atom is -0.472 e. The molecule has 3 N–H and O–H groups in total. The van der Waals surface area contributed by atoms with Gasteiger partial charge >= 0.3 is 5.97 Å². The molecule has 0 unspecified atom stereocenters. The summed E-state index contributed by atoms with van der Waals surface area (Å²) in [7, 11) is 0. The summed E-state index contributed by atoms with van der Waals surface area (Å²) in [5, 5.41) is 9.38. The van der Waals surface area contributed by atoms with E-state index in [4.69, 9.17) is 9.97 Å². The van der Waals surface area contributed by atoms with Gasteiger partial charge in [-0.2, -0.15) is 0 Å². The second kappa shape index (κ2) is 11.3. The molecular formula is C35H22N4O2Zn. The molecule has 6 nitrogen and oxygen atoms in total. The average Bonchev–Trinajstić information content (AvgIpc) is 3.80. The van der Waals surface area contributed by atoms with Crippen LogP contribution in [0.3, 0.4) is 0 Å². The Morgan fingerprint density at radius 3 is 1.90 bits per heavy atom. The fourth-order valence-corrected chi connectivity index (χ4v) is 5.20. The molecule has 2 aromatic carbocycles. The second-order valence-corrected chi connectivity index (χ2v) is 9.64. The SMILES string of the molecule is O=C(O)C#Cc1c2nc(c(-c3ccccc3)c3ccc(cc4nc(c(-c5ccccc5)c5ccc1[nH]5)C=C4)[nH]3)C=C2.[Zn]. The molecule has 0 aliphatic carbocycles. The predicted octanol–water partition coefficient (Wildman–Crippen LogP) is 7.42. The number of aromatic amines is 2. The minimum absolute atomic E-state index is 0. The molecule has 42 heavy (non-hydrogen) atoms. The van der Waals surface area contributed by atoms with E-state index in [1.807, 2.05) is 115 Å². The van der Waals surface area contributed by atoms with Gasteiger partial charge in [0.25, 0.3) is 0 Å². The number of nitrogens with one attached hydrogen (secondary N) is 2. The first kappa shape index (κ1) is 26.9. The number of carboxylic acids is 1. The topological polar surface area (TPSA) is 94.7 Å². The first-order chi connectivity index (χ1) is 20.1. The Morgan fingerprint density at radius 2 is 1.21 bits per heavy atom. The molecule has 0 amide bonds. The zero-order valence-corrected chi connectivity index (χ0v) is 25.4. The standard InChI is InChI=1S/C35H22N4O2.Zn/c40-33(41)20-13-26-27-16-18-31(38-27)34(22-7-3-1-4-8-22)29-14-11-24(36-29)21-25-12-15-30(37-25)35(23-9-5-2-6-10-23)32-19-17-28(26)39-32;/h1-12,14-19,21,36,39H,(H,40,41);. The van der Waals surface area contributed by atoms with E-state index in [0.717, 1.165) is 55.9 Å². The van der Waals surface area contributed by atoms with Crippen LogP contribution in [0.5, 0.6) is 0 Å². The van der Waals surface area contributed by atoms with Crippen LogP contribution in [0.15, 0.2) is 91.0 Å². The van der Waals surface area contributed by atoms with E-state index in [1.54, 1.807) is 0 Å². The molecule has 0 radical (unpaired) electrons. The molecule has 3 aromatic heterocycles. The summed E-state index contributed by atoms with van der Waals surface area (Å²) in [6, 6.07) is 30.1. The first-order valence-electron chi connectivity index (χ1n) is 13.1. The summed E-state index contributed by atoms with van der Waals surface area (Å²) >= 11 is 0. The summed E-state index contributed by atoms with van der Waals surface area (Å²) < 4.78 is 0. The monoisotopic (exact) mass is 594 g/mol. The number of aliphatic carboxylic acids is 1. The molecule has 2 aliphatic heterocycles. The Hall–Kier alpha value is -5.31. The van der Waals surface area contributed by atoms with E-state index in [-0.39, 0.29) is 19.5 Å². The number of carbonyl (C=O) groups is 1.